The van der Waals surface area contributed by atoms with E-state index in [1.165, 1.54) is 15.8 Å². The van der Waals surface area contributed by atoms with E-state index in [-0.39, 0.29) is 9.52 Å². The van der Waals surface area contributed by atoms with E-state index in [4.69, 9.17) is 0 Å². The molecular formula is C9H18Si2. The van der Waals surface area contributed by atoms with Gasteiger partial charge in [-0.25, -0.2) is 0 Å². The molecule has 0 saturated carbocycles. The summed E-state index contributed by atoms with van der Waals surface area (Å²) in [5, 5.41) is 0. The smallest absolute Gasteiger partial charge is 0.0686 e. The molecule has 0 aliphatic carbocycles. The second kappa shape index (κ2) is 7.76. The summed E-state index contributed by atoms with van der Waals surface area (Å²) in [6.45, 7) is 4.33. The summed E-state index contributed by atoms with van der Waals surface area (Å²) >= 11 is 0. The molecule has 0 atom stereocenters. The minimum atomic E-state index is -0.0293. The Bertz CT molecular complexity index is 162. The van der Waals surface area contributed by atoms with Gasteiger partial charge in [0.15, 0.2) is 0 Å². The van der Waals surface area contributed by atoms with Gasteiger partial charge in [0.1, 0.15) is 0 Å². The molecule has 0 radical (unpaired) electrons. The zero-order valence-electron chi connectivity index (χ0n) is 7.80. The molecule has 0 N–H and O–H groups in total. The zero-order valence-corrected chi connectivity index (χ0v) is 11.2. The Balaban J connectivity index is 3.38. The largest absolute Gasteiger partial charge is 0.109 e. The third kappa shape index (κ3) is 9.65. The van der Waals surface area contributed by atoms with Gasteiger partial charge in [-0.1, -0.05) is 23.4 Å². The van der Waals surface area contributed by atoms with Gasteiger partial charge >= 0.3 is 0 Å². The molecule has 0 aliphatic heterocycles. The summed E-state index contributed by atoms with van der Waals surface area (Å²) < 4.78 is 0. The Morgan fingerprint density at radius 1 is 1.36 bits per heavy atom. The van der Waals surface area contributed by atoms with E-state index in [1.54, 1.807) is 0 Å². The van der Waals surface area contributed by atoms with Crippen LogP contribution in [0.3, 0.4) is 0 Å². The fourth-order valence-corrected chi connectivity index (χ4v) is 1.98. The molecule has 0 bridgehead atoms. The van der Waals surface area contributed by atoms with Crippen LogP contribution in [0.25, 0.3) is 0 Å². The van der Waals surface area contributed by atoms with E-state index in [0.717, 1.165) is 6.42 Å². The van der Waals surface area contributed by atoms with Gasteiger partial charge in [0.2, 0.25) is 0 Å². The van der Waals surface area contributed by atoms with Crippen LogP contribution >= 0.6 is 0 Å². The lowest BCUT2D eigenvalue weighted by Crippen LogP contribution is -1.78. The third-order valence-electron chi connectivity index (χ3n) is 1.34. The van der Waals surface area contributed by atoms with E-state index in [2.05, 4.69) is 43.1 Å². The second-order valence-electron chi connectivity index (χ2n) is 2.79. The summed E-state index contributed by atoms with van der Waals surface area (Å²) in [5.41, 5.74) is 8.42. The summed E-state index contributed by atoms with van der Waals surface area (Å²) in [6, 6.07) is 0. The zero-order chi connectivity index (χ0) is 8.53. The minimum Gasteiger partial charge on any atom is -0.109 e. The quantitative estimate of drug-likeness (QED) is 0.566. The number of hydrogen-bond acceptors (Lipinski definition) is 0. The van der Waals surface area contributed by atoms with Crippen molar-refractivity contribution in [3.05, 3.63) is 34.8 Å². The average Bonchev–Trinajstić information content (AvgIpc) is 1.96. The summed E-state index contributed by atoms with van der Waals surface area (Å²) in [5.74, 6) is 0. The Hall–Kier alpha value is -0.346. The predicted octanol–water partition coefficient (Wildman–Crippen LogP) is 0.862. The van der Waals surface area contributed by atoms with E-state index in [9.17, 15) is 0 Å². The third-order valence-corrected chi connectivity index (χ3v) is 3.47. The molecule has 0 unspecified atom stereocenters. The Morgan fingerprint density at radius 3 is 2.64 bits per heavy atom. The predicted molar refractivity (Wildman–Crippen MR) is 60.8 cm³/mol. The number of rotatable bonds is 4. The van der Waals surface area contributed by atoms with E-state index in [1.807, 2.05) is 0 Å². The molecule has 11 heavy (non-hydrogen) atoms. The highest BCUT2D eigenvalue weighted by Crippen LogP contribution is 1.88. The molecule has 0 spiro atoms. The normalized spacial score (nSPS) is 12.5. The van der Waals surface area contributed by atoms with E-state index >= 15 is 0 Å². The van der Waals surface area contributed by atoms with Crippen LogP contribution < -0.4 is 0 Å². The molecule has 62 valence electrons. The van der Waals surface area contributed by atoms with Gasteiger partial charge in [-0.2, -0.15) is 0 Å². The van der Waals surface area contributed by atoms with Crippen molar-refractivity contribution in [3.63, 3.8) is 0 Å². The highest BCUT2D eigenvalue weighted by molar-refractivity contribution is 6.48. The van der Waals surface area contributed by atoms with Gasteiger partial charge in [-0.15, -0.1) is 11.4 Å². The lowest BCUT2D eigenvalue weighted by molar-refractivity contribution is 1.40. The number of hydrogen-bond donors (Lipinski definition) is 0. The maximum atomic E-state index is 2.38. The Kier molecular flexibility index (Phi) is 7.51. The van der Waals surface area contributed by atoms with Crippen LogP contribution in [0.5, 0.6) is 0 Å². The fraction of sp³-hybridized carbons (Fsp3) is 0.333. The standard InChI is InChI=1S/C9H18Si2/c1-9(2)8-11-7-5-3-4-6-10/h4-8H,3,11H2,1-2,10H3. The van der Waals surface area contributed by atoms with Crippen LogP contribution in [0.15, 0.2) is 34.8 Å². The van der Waals surface area contributed by atoms with Crippen molar-refractivity contribution >= 4 is 19.8 Å². The molecule has 0 amide bonds. The van der Waals surface area contributed by atoms with Gasteiger partial charge in [0.25, 0.3) is 0 Å². The molecule has 0 aliphatic rings. The van der Waals surface area contributed by atoms with Crippen LogP contribution in [-0.2, 0) is 0 Å². The SMILES string of the molecule is CC(C)=C[SiH2]C=CCC=C[SiH3]. The molecule has 2 heteroatoms. The number of allylic oxidation sites excluding steroid dienone is 3. The van der Waals surface area contributed by atoms with Crippen molar-refractivity contribution in [1.29, 1.82) is 0 Å². The maximum Gasteiger partial charge on any atom is 0.0686 e. The first-order valence-corrected chi connectivity index (χ1v) is 6.95. The Morgan fingerprint density at radius 2 is 2.09 bits per heavy atom. The molecule has 0 saturated heterocycles. The van der Waals surface area contributed by atoms with Crippen LogP contribution in [0.2, 0.25) is 0 Å². The van der Waals surface area contributed by atoms with Crippen molar-refractivity contribution in [2.75, 3.05) is 0 Å². The van der Waals surface area contributed by atoms with Gasteiger partial charge in [0.05, 0.1) is 9.52 Å². The van der Waals surface area contributed by atoms with Gasteiger partial charge < -0.3 is 0 Å². The lowest BCUT2D eigenvalue weighted by Gasteiger charge is -1.84. The highest BCUT2D eigenvalue weighted by Gasteiger charge is 1.75. The van der Waals surface area contributed by atoms with Crippen LogP contribution in [0.4, 0.5) is 0 Å². The average molecular weight is 182 g/mol. The topological polar surface area (TPSA) is 0 Å². The summed E-state index contributed by atoms with van der Waals surface area (Å²) in [7, 11) is 1.16. The first-order valence-electron chi connectivity index (χ1n) is 4.17. The second-order valence-corrected chi connectivity index (χ2v) is 4.81. The van der Waals surface area contributed by atoms with Crippen molar-refractivity contribution in [3.8, 4) is 0 Å². The monoisotopic (exact) mass is 182 g/mol. The molecular weight excluding hydrogens is 164 g/mol. The van der Waals surface area contributed by atoms with Crippen LogP contribution in [0, 0.1) is 0 Å². The van der Waals surface area contributed by atoms with Gasteiger partial charge in [0, 0.05) is 10.2 Å². The van der Waals surface area contributed by atoms with Crippen LogP contribution in [-0.4, -0.2) is 19.8 Å². The first-order chi connectivity index (χ1) is 5.27. The molecule has 0 fully saturated rings. The summed E-state index contributed by atoms with van der Waals surface area (Å²) in [6.07, 6.45) is 5.65. The highest BCUT2D eigenvalue weighted by atomic mass is 28.2. The molecule has 0 rings (SSSR count). The van der Waals surface area contributed by atoms with Crippen molar-refractivity contribution < 1.29 is 0 Å². The van der Waals surface area contributed by atoms with Gasteiger partial charge in [-0.3, -0.25) is 0 Å². The summed E-state index contributed by atoms with van der Waals surface area (Å²) in [4.78, 5) is 0. The van der Waals surface area contributed by atoms with E-state index in [0.29, 0.717) is 0 Å². The molecule has 0 aromatic heterocycles. The van der Waals surface area contributed by atoms with E-state index < -0.39 is 0 Å². The maximum absolute atomic E-state index is 2.38. The van der Waals surface area contributed by atoms with Crippen LogP contribution in [0.1, 0.15) is 20.3 Å². The Labute approximate surface area is 75.3 Å². The molecule has 0 heterocycles. The van der Waals surface area contributed by atoms with Crippen molar-refractivity contribution in [1.82, 2.24) is 0 Å². The lowest BCUT2D eigenvalue weighted by atomic mass is 10.4. The van der Waals surface area contributed by atoms with Crippen molar-refractivity contribution in [2.45, 2.75) is 20.3 Å². The van der Waals surface area contributed by atoms with Crippen molar-refractivity contribution in [2.24, 2.45) is 0 Å². The molecule has 0 aromatic rings. The molecule has 0 nitrogen and oxygen atoms in total. The van der Waals surface area contributed by atoms with Gasteiger partial charge in [-0.05, 0) is 20.3 Å². The first kappa shape index (κ1) is 10.7. The fourth-order valence-electron chi connectivity index (χ4n) is 0.711. The molecule has 0 aromatic carbocycles. The minimum absolute atomic E-state index is 0.0293.